The Kier molecular flexibility index (Phi) is 3.93. The summed E-state index contributed by atoms with van der Waals surface area (Å²) in [5.41, 5.74) is 9.03. The third-order valence-corrected chi connectivity index (χ3v) is 4.65. The largest absolute Gasteiger partial charge is 0.508 e. The fraction of sp³-hybridized carbons (Fsp3) is 0.211. The molecule has 3 aromatic rings. The van der Waals surface area contributed by atoms with Crippen molar-refractivity contribution >= 4 is 17.2 Å². The lowest BCUT2D eigenvalue weighted by molar-refractivity contribution is 0.419. The van der Waals surface area contributed by atoms with Crippen molar-refractivity contribution in [1.29, 1.82) is 0 Å². The van der Waals surface area contributed by atoms with Gasteiger partial charge in [0.2, 0.25) is 0 Å². The van der Waals surface area contributed by atoms with Crippen molar-refractivity contribution < 1.29 is 9.63 Å². The SMILES string of the molecule is Nc1nocc1C1CN(c2ccccc2)CCN1c1cccc(O)c1. The van der Waals surface area contributed by atoms with E-state index in [1.54, 1.807) is 18.4 Å². The summed E-state index contributed by atoms with van der Waals surface area (Å²) in [6, 6.07) is 17.6. The van der Waals surface area contributed by atoms with Gasteiger partial charge in [-0.1, -0.05) is 29.4 Å². The van der Waals surface area contributed by atoms with Crippen molar-refractivity contribution in [2.45, 2.75) is 6.04 Å². The maximum atomic E-state index is 9.85. The third-order valence-electron chi connectivity index (χ3n) is 4.65. The molecule has 1 aromatic heterocycles. The predicted octanol–water partition coefficient (Wildman–Crippen LogP) is 3.03. The number of aromatic hydroxyl groups is 1. The van der Waals surface area contributed by atoms with Gasteiger partial charge in [-0.05, 0) is 24.3 Å². The zero-order valence-electron chi connectivity index (χ0n) is 13.7. The summed E-state index contributed by atoms with van der Waals surface area (Å²) in [7, 11) is 0. The van der Waals surface area contributed by atoms with Crippen LogP contribution in [0.5, 0.6) is 5.75 Å². The van der Waals surface area contributed by atoms with Crippen molar-refractivity contribution in [1.82, 2.24) is 5.16 Å². The number of phenolic OH excluding ortho intramolecular Hbond substituents is 1. The van der Waals surface area contributed by atoms with Gasteiger partial charge in [-0.3, -0.25) is 0 Å². The third kappa shape index (κ3) is 2.98. The quantitative estimate of drug-likeness (QED) is 0.765. The second-order valence-corrected chi connectivity index (χ2v) is 6.17. The first kappa shape index (κ1) is 15.4. The number of hydrogen-bond acceptors (Lipinski definition) is 6. The first-order chi connectivity index (χ1) is 12.2. The van der Waals surface area contributed by atoms with E-state index in [-0.39, 0.29) is 11.8 Å². The molecule has 0 amide bonds. The first-order valence-corrected chi connectivity index (χ1v) is 8.28. The highest BCUT2D eigenvalue weighted by Gasteiger charge is 2.31. The topological polar surface area (TPSA) is 78.8 Å². The minimum Gasteiger partial charge on any atom is -0.508 e. The Balaban J connectivity index is 1.69. The molecule has 0 saturated carbocycles. The van der Waals surface area contributed by atoms with Gasteiger partial charge in [0.05, 0.1) is 11.6 Å². The van der Waals surface area contributed by atoms with E-state index in [2.05, 4.69) is 27.1 Å². The molecular formula is C19H20N4O2. The second-order valence-electron chi connectivity index (χ2n) is 6.17. The number of hydrogen-bond donors (Lipinski definition) is 2. The number of phenols is 1. The summed E-state index contributed by atoms with van der Waals surface area (Å²) in [4.78, 5) is 4.57. The molecule has 0 aliphatic carbocycles. The molecule has 6 heteroatoms. The predicted molar refractivity (Wildman–Crippen MR) is 97.8 cm³/mol. The molecular weight excluding hydrogens is 316 g/mol. The highest BCUT2D eigenvalue weighted by molar-refractivity contribution is 5.58. The van der Waals surface area contributed by atoms with Gasteiger partial charge in [-0.15, -0.1) is 0 Å². The number of benzene rings is 2. The highest BCUT2D eigenvalue weighted by atomic mass is 16.5. The molecule has 128 valence electrons. The Morgan fingerprint density at radius 3 is 2.56 bits per heavy atom. The van der Waals surface area contributed by atoms with E-state index in [9.17, 15) is 5.11 Å². The average Bonchev–Trinajstić information content (AvgIpc) is 3.08. The summed E-state index contributed by atoms with van der Waals surface area (Å²) in [6.07, 6.45) is 1.62. The van der Waals surface area contributed by atoms with Crippen molar-refractivity contribution in [3.8, 4) is 5.75 Å². The second kappa shape index (κ2) is 6.39. The smallest absolute Gasteiger partial charge is 0.172 e. The van der Waals surface area contributed by atoms with Crippen LogP contribution >= 0.6 is 0 Å². The number of nitrogen functional groups attached to an aromatic ring is 1. The molecule has 0 radical (unpaired) electrons. The Hall–Kier alpha value is -3.15. The number of para-hydroxylation sites is 1. The molecule has 2 aromatic carbocycles. The molecule has 4 rings (SSSR count). The van der Waals surface area contributed by atoms with Crippen LogP contribution < -0.4 is 15.5 Å². The lowest BCUT2D eigenvalue weighted by atomic mass is 10.0. The number of nitrogens with two attached hydrogens (primary N) is 1. The molecule has 1 saturated heterocycles. The molecule has 3 N–H and O–H groups in total. The van der Waals surface area contributed by atoms with Crippen LogP contribution in [-0.4, -0.2) is 29.9 Å². The monoisotopic (exact) mass is 336 g/mol. The van der Waals surface area contributed by atoms with Gasteiger partial charge in [0, 0.05) is 37.1 Å². The first-order valence-electron chi connectivity index (χ1n) is 8.28. The van der Waals surface area contributed by atoms with Crippen LogP contribution in [0.4, 0.5) is 17.2 Å². The summed E-state index contributed by atoms with van der Waals surface area (Å²) in [6.45, 7) is 2.43. The lowest BCUT2D eigenvalue weighted by Gasteiger charge is -2.43. The van der Waals surface area contributed by atoms with Gasteiger partial charge >= 0.3 is 0 Å². The van der Waals surface area contributed by atoms with Crippen molar-refractivity contribution in [3.05, 3.63) is 66.4 Å². The lowest BCUT2D eigenvalue weighted by Crippen LogP contribution is -2.48. The van der Waals surface area contributed by atoms with E-state index in [1.165, 1.54) is 5.69 Å². The number of piperazine rings is 1. The summed E-state index contributed by atoms with van der Waals surface area (Å²) in [5, 5.41) is 13.7. The zero-order valence-corrected chi connectivity index (χ0v) is 13.7. The van der Waals surface area contributed by atoms with Crippen LogP contribution in [0.25, 0.3) is 0 Å². The number of anilines is 3. The molecule has 1 aliphatic rings. The molecule has 6 nitrogen and oxygen atoms in total. The Morgan fingerprint density at radius 2 is 1.84 bits per heavy atom. The molecule has 0 bridgehead atoms. The maximum Gasteiger partial charge on any atom is 0.172 e. The van der Waals surface area contributed by atoms with E-state index < -0.39 is 0 Å². The highest BCUT2D eigenvalue weighted by Crippen LogP contribution is 2.35. The van der Waals surface area contributed by atoms with Crippen molar-refractivity contribution in [2.75, 3.05) is 35.2 Å². The standard InChI is InChI=1S/C19H20N4O2/c20-19-17(13-25-21-19)18-12-22(14-5-2-1-3-6-14)9-10-23(18)15-7-4-8-16(24)11-15/h1-8,11,13,18,24H,9-10,12H2,(H2,20,21). The maximum absolute atomic E-state index is 9.85. The van der Waals surface area contributed by atoms with Crippen molar-refractivity contribution in [3.63, 3.8) is 0 Å². The molecule has 1 aliphatic heterocycles. The fourth-order valence-corrected chi connectivity index (χ4v) is 3.41. The van der Waals surface area contributed by atoms with Gasteiger partial charge in [-0.2, -0.15) is 0 Å². The number of nitrogens with zero attached hydrogens (tertiary/aromatic N) is 3. The van der Waals surface area contributed by atoms with E-state index in [1.807, 2.05) is 30.3 Å². The summed E-state index contributed by atoms with van der Waals surface area (Å²) in [5.74, 6) is 0.657. The Labute approximate surface area is 146 Å². The summed E-state index contributed by atoms with van der Waals surface area (Å²) >= 11 is 0. The van der Waals surface area contributed by atoms with Crippen LogP contribution in [0.2, 0.25) is 0 Å². The molecule has 1 atom stereocenters. The average molecular weight is 336 g/mol. The number of aromatic nitrogens is 1. The van der Waals surface area contributed by atoms with Gasteiger partial charge in [0.1, 0.15) is 12.0 Å². The fourth-order valence-electron chi connectivity index (χ4n) is 3.41. The Morgan fingerprint density at radius 1 is 1.04 bits per heavy atom. The number of rotatable bonds is 3. The van der Waals surface area contributed by atoms with Crippen LogP contribution in [-0.2, 0) is 0 Å². The van der Waals surface area contributed by atoms with E-state index in [4.69, 9.17) is 10.3 Å². The summed E-state index contributed by atoms with van der Waals surface area (Å²) < 4.78 is 5.08. The molecule has 2 heterocycles. The minimum absolute atomic E-state index is 0.0120. The van der Waals surface area contributed by atoms with Gasteiger partial charge < -0.3 is 25.2 Å². The van der Waals surface area contributed by atoms with E-state index in [0.717, 1.165) is 30.9 Å². The Bertz CT molecular complexity index is 849. The zero-order chi connectivity index (χ0) is 17.2. The molecule has 0 spiro atoms. The van der Waals surface area contributed by atoms with Crippen molar-refractivity contribution in [2.24, 2.45) is 0 Å². The van der Waals surface area contributed by atoms with Gasteiger partial charge in [-0.25, -0.2) is 0 Å². The normalized spacial score (nSPS) is 17.7. The van der Waals surface area contributed by atoms with Crippen LogP contribution in [0.15, 0.2) is 65.4 Å². The van der Waals surface area contributed by atoms with E-state index >= 15 is 0 Å². The minimum atomic E-state index is -0.0120. The van der Waals surface area contributed by atoms with Gasteiger partial charge in [0.25, 0.3) is 0 Å². The molecule has 25 heavy (non-hydrogen) atoms. The van der Waals surface area contributed by atoms with Crippen LogP contribution in [0.3, 0.4) is 0 Å². The van der Waals surface area contributed by atoms with E-state index in [0.29, 0.717) is 5.82 Å². The van der Waals surface area contributed by atoms with Gasteiger partial charge in [0.15, 0.2) is 5.82 Å². The van der Waals surface area contributed by atoms with Crippen LogP contribution in [0, 0.1) is 0 Å². The molecule has 1 fully saturated rings. The van der Waals surface area contributed by atoms with Crippen LogP contribution in [0.1, 0.15) is 11.6 Å². The molecule has 1 unspecified atom stereocenters.